The molecule has 124 valence electrons. The maximum atomic E-state index is 5.80. The van der Waals surface area contributed by atoms with E-state index in [1.54, 1.807) is 23.6 Å². The molecule has 0 atom stereocenters. The van der Waals surface area contributed by atoms with Crippen LogP contribution in [0, 0.1) is 6.92 Å². The minimum Gasteiger partial charge on any atom is -0.497 e. The number of hydrogen-bond acceptors (Lipinski definition) is 6. The fourth-order valence-corrected chi connectivity index (χ4v) is 2.87. The highest BCUT2D eigenvalue weighted by Crippen LogP contribution is 2.21. The zero-order valence-corrected chi connectivity index (χ0v) is 14.4. The van der Waals surface area contributed by atoms with Gasteiger partial charge in [0, 0.05) is 5.75 Å². The Labute approximate surface area is 144 Å². The number of para-hydroxylation sites is 1. The van der Waals surface area contributed by atoms with Crippen molar-refractivity contribution < 1.29 is 9.47 Å². The molecular weight excluding hydrogens is 324 g/mol. The summed E-state index contributed by atoms with van der Waals surface area (Å²) >= 11 is 1.55. The summed E-state index contributed by atoms with van der Waals surface area (Å²) in [4.78, 5) is 0. The van der Waals surface area contributed by atoms with Crippen LogP contribution in [0.15, 0.2) is 53.7 Å². The summed E-state index contributed by atoms with van der Waals surface area (Å²) in [5, 5.41) is 12.6. The molecule has 2 aromatic carbocycles. The average Bonchev–Trinajstić information content (AvgIpc) is 3.09. The van der Waals surface area contributed by atoms with E-state index < -0.39 is 0 Å². The Balaban J connectivity index is 1.58. The Morgan fingerprint density at radius 2 is 1.88 bits per heavy atom. The Hall–Kier alpha value is -2.54. The normalized spacial score (nSPS) is 10.6. The third kappa shape index (κ3) is 3.86. The number of methoxy groups -OCH3 is 1. The summed E-state index contributed by atoms with van der Waals surface area (Å²) < 4.78 is 12.7. The van der Waals surface area contributed by atoms with Gasteiger partial charge in [-0.15, -0.1) is 5.10 Å². The molecule has 0 bridgehead atoms. The maximum absolute atomic E-state index is 5.80. The number of ether oxygens (including phenoxy) is 2. The molecule has 3 rings (SSSR count). The van der Waals surface area contributed by atoms with Crippen LogP contribution in [-0.2, 0) is 0 Å². The fourth-order valence-electron chi connectivity index (χ4n) is 2.16. The van der Waals surface area contributed by atoms with E-state index >= 15 is 0 Å². The Bertz CT molecular complexity index is 789. The monoisotopic (exact) mass is 342 g/mol. The van der Waals surface area contributed by atoms with Crippen molar-refractivity contribution in [2.75, 3.05) is 19.5 Å². The van der Waals surface area contributed by atoms with Crippen LogP contribution in [0.25, 0.3) is 5.69 Å². The molecule has 0 unspecified atom stereocenters. The van der Waals surface area contributed by atoms with Crippen molar-refractivity contribution in [1.82, 2.24) is 20.2 Å². The van der Waals surface area contributed by atoms with Crippen LogP contribution in [0.4, 0.5) is 0 Å². The lowest BCUT2D eigenvalue weighted by atomic mass is 10.2. The van der Waals surface area contributed by atoms with Gasteiger partial charge in [-0.3, -0.25) is 0 Å². The number of tetrazole rings is 1. The fraction of sp³-hybridized carbons (Fsp3) is 0.235. The first kappa shape index (κ1) is 16.3. The smallest absolute Gasteiger partial charge is 0.214 e. The molecular formula is C17H18N4O2S. The number of benzene rings is 2. The number of thioether (sulfide) groups is 1. The molecule has 0 saturated heterocycles. The lowest BCUT2D eigenvalue weighted by molar-refractivity contribution is 0.341. The molecule has 0 aliphatic carbocycles. The summed E-state index contributed by atoms with van der Waals surface area (Å²) in [7, 11) is 1.64. The van der Waals surface area contributed by atoms with Gasteiger partial charge in [-0.25, -0.2) is 0 Å². The topological polar surface area (TPSA) is 62.1 Å². The summed E-state index contributed by atoms with van der Waals surface area (Å²) in [6.45, 7) is 2.62. The van der Waals surface area contributed by atoms with Crippen molar-refractivity contribution >= 4 is 11.8 Å². The van der Waals surface area contributed by atoms with Crippen molar-refractivity contribution in [3.63, 3.8) is 0 Å². The number of aryl methyl sites for hydroxylation is 1. The van der Waals surface area contributed by atoms with E-state index in [1.165, 1.54) is 0 Å². The van der Waals surface area contributed by atoms with Gasteiger partial charge in [0.1, 0.15) is 11.5 Å². The van der Waals surface area contributed by atoms with Crippen molar-refractivity contribution in [2.24, 2.45) is 0 Å². The second kappa shape index (κ2) is 7.83. The predicted molar refractivity (Wildman–Crippen MR) is 93.1 cm³/mol. The van der Waals surface area contributed by atoms with Gasteiger partial charge in [0.25, 0.3) is 0 Å². The first-order valence-electron chi connectivity index (χ1n) is 7.52. The summed E-state index contributed by atoms with van der Waals surface area (Å²) in [6.07, 6.45) is 0. The van der Waals surface area contributed by atoms with Crippen molar-refractivity contribution in [2.45, 2.75) is 12.1 Å². The lowest BCUT2D eigenvalue weighted by Crippen LogP contribution is -2.04. The first-order valence-corrected chi connectivity index (χ1v) is 8.50. The van der Waals surface area contributed by atoms with Gasteiger partial charge in [0.2, 0.25) is 5.16 Å². The highest BCUT2D eigenvalue weighted by atomic mass is 32.2. The number of hydrogen-bond donors (Lipinski definition) is 0. The average molecular weight is 342 g/mol. The van der Waals surface area contributed by atoms with Gasteiger partial charge in [-0.1, -0.05) is 30.0 Å². The minimum absolute atomic E-state index is 0.588. The molecule has 0 radical (unpaired) electrons. The third-order valence-corrected chi connectivity index (χ3v) is 4.31. The Kier molecular flexibility index (Phi) is 5.32. The van der Waals surface area contributed by atoms with Gasteiger partial charge < -0.3 is 9.47 Å². The molecule has 0 saturated carbocycles. The largest absolute Gasteiger partial charge is 0.497 e. The zero-order valence-electron chi connectivity index (χ0n) is 13.5. The van der Waals surface area contributed by atoms with Crippen LogP contribution < -0.4 is 9.47 Å². The predicted octanol–water partition coefficient (Wildman–Crippen LogP) is 3.15. The minimum atomic E-state index is 0.588. The standard InChI is InChI=1S/C17H18N4O2S/c1-13-5-3-4-6-16(13)23-11-12-24-17-18-19-20-21(17)14-7-9-15(22-2)10-8-14/h3-10H,11-12H2,1-2H3. The van der Waals surface area contributed by atoms with Gasteiger partial charge >= 0.3 is 0 Å². The van der Waals surface area contributed by atoms with E-state index in [4.69, 9.17) is 9.47 Å². The second-order valence-electron chi connectivity index (χ2n) is 5.03. The quantitative estimate of drug-likeness (QED) is 0.485. The zero-order chi connectivity index (χ0) is 16.8. The molecule has 0 aliphatic rings. The molecule has 24 heavy (non-hydrogen) atoms. The van der Waals surface area contributed by atoms with Crippen LogP contribution in [0.3, 0.4) is 0 Å². The van der Waals surface area contributed by atoms with Crippen LogP contribution in [-0.4, -0.2) is 39.7 Å². The summed E-state index contributed by atoms with van der Waals surface area (Å²) in [5.74, 6) is 2.46. The van der Waals surface area contributed by atoms with Crippen molar-refractivity contribution in [1.29, 1.82) is 0 Å². The van der Waals surface area contributed by atoms with E-state index in [9.17, 15) is 0 Å². The molecule has 0 N–H and O–H groups in total. The molecule has 0 aliphatic heterocycles. The molecule has 1 aromatic heterocycles. The maximum Gasteiger partial charge on any atom is 0.214 e. The summed E-state index contributed by atoms with van der Waals surface area (Å²) in [6, 6.07) is 15.6. The van der Waals surface area contributed by atoms with Crippen LogP contribution >= 0.6 is 11.8 Å². The van der Waals surface area contributed by atoms with Crippen LogP contribution in [0.1, 0.15) is 5.56 Å². The third-order valence-electron chi connectivity index (χ3n) is 3.42. The number of aromatic nitrogens is 4. The van der Waals surface area contributed by atoms with Gasteiger partial charge in [0.15, 0.2) is 0 Å². The molecule has 3 aromatic rings. The molecule has 1 heterocycles. The first-order chi connectivity index (χ1) is 11.8. The van der Waals surface area contributed by atoms with E-state index in [-0.39, 0.29) is 0 Å². The Morgan fingerprint density at radius 3 is 2.62 bits per heavy atom. The van der Waals surface area contributed by atoms with Crippen molar-refractivity contribution in [3.05, 3.63) is 54.1 Å². The SMILES string of the molecule is COc1ccc(-n2nnnc2SCCOc2ccccc2C)cc1. The molecule has 0 fully saturated rings. The molecule has 0 spiro atoms. The van der Waals surface area contributed by atoms with Crippen LogP contribution in [0.5, 0.6) is 11.5 Å². The Morgan fingerprint density at radius 1 is 1.08 bits per heavy atom. The summed E-state index contributed by atoms with van der Waals surface area (Å²) in [5.41, 5.74) is 2.02. The van der Waals surface area contributed by atoms with Gasteiger partial charge in [-0.2, -0.15) is 4.68 Å². The van der Waals surface area contributed by atoms with Crippen LogP contribution in [0.2, 0.25) is 0 Å². The number of nitrogens with zero attached hydrogens (tertiary/aromatic N) is 4. The lowest BCUT2D eigenvalue weighted by Gasteiger charge is -2.08. The van der Waals surface area contributed by atoms with E-state index in [1.807, 2.05) is 55.5 Å². The molecule has 7 heteroatoms. The van der Waals surface area contributed by atoms with Gasteiger partial charge in [-0.05, 0) is 53.2 Å². The highest BCUT2D eigenvalue weighted by Gasteiger charge is 2.09. The highest BCUT2D eigenvalue weighted by molar-refractivity contribution is 7.99. The van der Waals surface area contributed by atoms with E-state index in [0.29, 0.717) is 6.61 Å². The second-order valence-corrected chi connectivity index (χ2v) is 6.10. The van der Waals surface area contributed by atoms with Gasteiger partial charge in [0.05, 0.1) is 19.4 Å². The van der Waals surface area contributed by atoms with E-state index in [2.05, 4.69) is 15.5 Å². The molecule has 6 nitrogen and oxygen atoms in total. The molecule has 0 amide bonds. The van der Waals surface area contributed by atoms with Crippen molar-refractivity contribution in [3.8, 4) is 17.2 Å². The van der Waals surface area contributed by atoms with E-state index in [0.717, 1.165) is 33.7 Å². The number of rotatable bonds is 7.